The Morgan fingerprint density at radius 2 is 1.65 bits per heavy atom. The summed E-state index contributed by atoms with van der Waals surface area (Å²) in [5.74, 6) is -4.56. The molecule has 0 spiro atoms. The Kier molecular flexibility index (Phi) is 7.24. The number of oxime groups is 1. The molecule has 1 N–H and O–H groups in total. The number of halogens is 5. The van der Waals surface area contributed by atoms with E-state index < -0.39 is 41.0 Å². The van der Waals surface area contributed by atoms with Crippen molar-refractivity contribution in [1.29, 1.82) is 0 Å². The van der Waals surface area contributed by atoms with Gasteiger partial charge in [0.2, 0.25) is 5.82 Å². The SMILES string of the molecule is CNC(=O)/C(=N/OC)c1ccc(F)cc1Oc1ncnc(Oc2ccc(C(F)(F)F)cc2)c1F. The first kappa shape index (κ1) is 24.4. The van der Waals surface area contributed by atoms with Crippen LogP contribution in [0.1, 0.15) is 11.1 Å². The predicted molar refractivity (Wildman–Crippen MR) is 108 cm³/mol. The molecule has 0 saturated heterocycles. The Balaban J connectivity index is 1.93. The van der Waals surface area contributed by atoms with Crippen LogP contribution in [-0.4, -0.2) is 35.7 Å². The van der Waals surface area contributed by atoms with Gasteiger partial charge in [0.1, 0.15) is 30.8 Å². The van der Waals surface area contributed by atoms with Crippen LogP contribution in [-0.2, 0) is 15.8 Å². The summed E-state index contributed by atoms with van der Waals surface area (Å²) in [6.45, 7) is 0. The van der Waals surface area contributed by atoms with Crippen LogP contribution >= 0.6 is 0 Å². The van der Waals surface area contributed by atoms with Gasteiger partial charge in [0, 0.05) is 13.1 Å². The molecule has 8 nitrogen and oxygen atoms in total. The molecule has 0 atom stereocenters. The summed E-state index contributed by atoms with van der Waals surface area (Å²) in [6.07, 6.45) is -3.69. The number of ether oxygens (including phenoxy) is 2. The third-order valence-corrected chi connectivity index (χ3v) is 4.15. The quantitative estimate of drug-likeness (QED) is 0.304. The molecule has 1 heterocycles. The summed E-state index contributed by atoms with van der Waals surface area (Å²) in [6, 6.07) is 6.50. The lowest BCUT2D eigenvalue weighted by molar-refractivity contribution is -0.137. The molecule has 0 aliphatic rings. The number of nitrogens with one attached hydrogen (secondary N) is 1. The number of alkyl halides is 3. The highest BCUT2D eigenvalue weighted by molar-refractivity contribution is 6.45. The van der Waals surface area contributed by atoms with Gasteiger partial charge < -0.3 is 19.6 Å². The molecular weight excluding hydrogens is 467 g/mol. The van der Waals surface area contributed by atoms with Crippen LogP contribution in [0.3, 0.4) is 0 Å². The first-order chi connectivity index (χ1) is 16.1. The Labute approximate surface area is 189 Å². The maximum atomic E-state index is 14.9. The van der Waals surface area contributed by atoms with Gasteiger partial charge in [-0.15, -0.1) is 0 Å². The van der Waals surface area contributed by atoms with Gasteiger partial charge in [-0.1, -0.05) is 5.16 Å². The summed E-state index contributed by atoms with van der Waals surface area (Å²) in [7, 11) is 2.51. The van der Waals surface area contributed by atoms with E-state index in [0.717, 1.165) is 48.8 Å². The van der Waals surface area contributed by atoms with Crippen LogP contribution in [0.4, 0.5) is 22.0 Å². The Bertz CT molecular complexity index is 1220. The van der Waals surface area contributed by atoms with E-state index in [2.05, 4.69) is 25.3 Å². The molecule has 0 aliphatic heterocycles. The second-order valence-electron chi connectivity index (χ2n) is 6.37. The zero-order valence-corrected chi connectivity index (χ0v) is 17.5. The number of carbonyl (C=O) groups excluding carboxylic acids is 1. The molecule has 0 aliphatic carbocycles. The molecule has 1 amide bonds. The van der Waals surface area contributed by atoms with Gasteiger partial charge >= 0.3 is 6.18 Å². The average Bonchev–Trinajstić information content (AvgIpc) is 2.80. The first-order valence-electron chi connectivity index (χ1n) is 9.30. The fourth-order valence-electron chi connectivity index (χ4n) is 2.61. The van der Waals surface area contributed by atoms with Crippen molar-refractivity contribution in [2.75, 3.05) is 14.2 Å². The summed E-state index contributed by atoms with van der Waals surface area (Å²) >= 11 is 0. The van der Waals surface area contributed by atoms with Crippen LogP contribution in [0.2, 0.25) is 0 Å². The van der Waals surface area contributed by atoms with E-state index in [1.165, 1.54) is 14.2 Å². The van der Waals surface area contributed by atoms with E-state index in [4.69, 9.17) is 9.47 Å². The lowest BCUT2D eigenvalue weighted by Gasteiger charge is -2.13. The number of aromatic nitrogens is 2. The average molecular weight is 482 g/mol. The number of likely N-dealkylation sites (N-methyl/N-ethyl adjacent to an activating group) is 1. The minimum atomic E-state index is -4.55. The predicted octanol–water partition coefficient (Wildman–Crippen LogP) is 4.45. The molecule has 0 fully saturated rings. The topological polar surface area (TPSA) is 94.9 Å². The Morgan fingerprint density at radius 3 is 2.24 bits per heavy atom. The molecule has 3 rings (SSSR count). The molecular formula is C21H15F5N4O4. The molecule has 3 aromatic rings. The third-order valence-electron chi connectivity index (χ3n) is 4.15. The van der Waals surface area contributed by atoms with Crippen molar-refractivity contribution in [2.24, 2.45) is 5.16 Å². The fraction of sp³-hybridized carbons (Fsp3) is 0.143. The number of rotatable bonds is 7. The maximum absolute atomic E-state index is 14.9. The fourth-order valence-corrected chi connectivity index (χ4v) is 2.61. The van der Waals surface area contributed by atoms with E-state index in [9.17, 15) is 26.7 Å². The monoisotopic (exact) mass is 482 g/mol. The van der Waals surface area contributed by atoms with Crippen LogP contribution in [0.25, 0.3) is 0 Å². The van der Waals surface area contributed by atoms with Crippen LogP contribution in [0.15, 0.2) is 53.9 Å². The van der Waals surface area contributed by atoms with Crippen molar-refractivity contribution in [1.82, 2.24) is 15.3 Å². The highest BCUT2D eigenvalue weighted by Gasteiger charge is 2.30. The molecule has 0 bridgehead atoms. The number of benzene rings is 2. The van der Waals surface area contributed by atoms with Gasteiger partial charge in [-0.05, 0) is 36.4 Å². The van der Waals surface area contributed by atoms with Crippen molar-refractivity contribution in [3.05, 3.63) is 71.6 Å². The van der Waals surface area contributed by atoms with Crippen LogP contribution < -0.4 is 14.8 Å². The molecule has 2 aromatic carbocycles. The van der Waals surface area contributed by atoms with E-state index in [1.807, 2.05) is 0 Å². The van der Waals surface area contributed by atoms with Gasteiger partial charge in [-0.3, -0.25) is 4.79 Å². The lowest BCUT2D eigenvalue weighted by atomic mass is 10.1. The Hall–Kier alpha value is -4.29. The van der Waals surface area contributed by atoms with Gasteiger partial charge in [-0.2, -0.15) is 27.5 Å². The lowest BCUT2D eigenvalue weighted by Crippen LogP contribution is -2.29. The minimum Gasteiger partial charge on any atom is -0.436 e. The number of carbonyl (C=O) groups is 1. The first-order valence-corrected chi connectivity index (χ1v) is 9.30. The highest BCUT2D eigenvalue weighted by atomic mass is 19.4. The molecule has 0 radical (unpaired) electrons. The van der Waals surface area contributed by atoms with E-state index >= 15 is 0 Å². The molecule has 34 heavy (non-hydrogen) atoms. The Morgan fingerprint density at radius 1 is 1.00 bits per heavy atom. The second kappa shape index (κ2) is 10.1. The molecule has 1 aromatic heterocycles. The minimum absolute atomic E-state index is 0.0502. The summed E-state index contributed by atoms with van der Waals surface area (Å²) in [4.78, 5) is 24.0. The van der Waals surface area contributed by atoms with E-state index in [-0.39, 0.29) is 22.8 Å². The zero-order valence-electron chi connectivity index (χ0n) is 17.5. The van der Waals surface area contributed by atoms with Crippen molar-refractivity contribution >= 4 is 11.6 Å². The van der Waals surface area contributed by atoms with Gasteiger partial charge in [0.25, 0.3) is 17.7 Å². The molecule has 0 saturated carbocycles. The van der Waals surface area contributed by atoms with Crippen molar-refractivity contribution in [2.45, 2.75) is 6.18 Å². The van der Waals surface area contributed by atoms with E-state index in [0.29, 0.717) is 0 Å². The maximum Gasteiger partial charge on any atom is 0.416 e. The number of amides is 1. The van der Waals surface area contributed by atoms with E-state index in [1.54, 1.807) is 0 Å². The van der Waals surface area contributed by atoms with Crippen molar-refractivity contribution < 1.29 is 41.1 Å². The number of nitrogens with zero attached hydrogens (tertiary/aromatic N) is 3. The standard InChI is InChI=1S/C21H15F5N4O4/c1-27-18(31)17(30-32-2)14-8-5-12(22)9-15(14)34-20-16(23)19(28-10-29-20)33-13-6-3-11(4-7-13)21(24,25)26/h3-10H,1-2H3,(H,27,31)/b30-17+. The largest absolute Gasteiger partial charge is 0.436 e. The van der Waals surface area contributed by atoms with Crippen molar-refractivity contribution in [3.63, 3.8) is 0 Å². The second-order valence-corrected chi connectivity index (χ2v) is 6.37. The highest BCUT2D eigenvalue weighted by Crippen LogP contribution is 2.34. The molecule has 178 valence electrons. The number of hydrogen-bond acceptors (Lipinski definition) is 7. The molecule has 0 unspecified atom stereocenters. The van der Waals surface area contributed by atoms with Gasteiger partial charge in [0.05, 0.1) is 11.1 Å². The van der Waals surface area contributed by atoms with Crippen molar-refractivity contribution in [3.8, 4) is 23.3 Å². The van der Waals surface area contributed by atoms with Gasteiger partial charge in [-0.25, -0.2) is 4.39 Å². The zero-order chi connectivity index (χ0) is 24.9. The van der Waals surface area contributed by atoms with Crippen LogP contribution in [0, 0.1) is 11.6 Å². The van der Waals surface area contributed by atoms with Crippen LogP contribution in [0.5, 0.6) is 23.3 Å². The normalized spacial score (nSPS) is 11.7. The third kappa shape index (κ3) is 5.54. The summed E-state index contributed by atoms with van der Waals surface area (Å²) in [5.41, 5.74) is -1.27. The molecule has 13 heteroatoms. The smallest absolute Gasteiger partial charge is 0.416 e. The summed E-state index contributed by atoms with van der Waals surface area (Å²) in [5, 5.41) is 5.91. The number of hydrogen-bond donors (Lipinski definition) is 1. The summed E-state index contributed by atoms with van der Waals surface area (Å²) < 4.78 is 77.5. The van der Waals surface area contributed by atoms with Gasteiger partial charge in [0.15, 0.2) is 5.71 Å².